The largest absolute Gasteiger partial charge is 0.462 e. The molecule has 0 N–H and O–H groups in total. The molecule has 460 valence electrons. The first kappa shape index (κ1) is 76.5. The maximum Gasteiger partial charge on any atom is 0.306 e. The second-order valence-corrected chi connectivity index (χ2v) is 22.0. The van der Waals surface area contributed by atoms with Crippen LogP contribution in [0.4, 0.5) is 0 Å². The molecule has 1 unspecified atom stereocenters. The summed E-state index contributed by atoms with van der Waals surface area (Å²) in [6.07, 6.45) is 96.2. The molecule has 0 aromatic carbocycles. The van der Waals surface area contributed by atoms with Gasteiger partial charge in [-0.3, -0.25) is 14.4 Å². The van der Waals surface area contributed by atoms with Crippen LogP contribution in [-0.2, 0) is 28.6 Å². The number of ether oxygens (including phenoxy) is 3. The van der Waals surface area contributed by atoms with Gasteiger partial charge in [0.15, 0.2) is 6.10 Å². The van der Waals surface area contributed by atoms with E-state index in [-0.39, 0.29) is 31.6 Å². The molecule has 0 aliphatic carbocycles. The predicted molar refractivity (Wildman–Crippen MR) is 353 cm³/mol. The van der Waals surface area contributed by atoms with Gasteiger partial charge < -0.3 is 14.2 Å². The van der Waals surface area contributed by atoms with E-state index in [4.69, 9.17) is 14.2 Å². The highest BCUT2D eigenvalue weighted by atomic mass is 16.6. The fourth-order valence-corrected chi connectivity index (χ4v) is 9.20. The number of esters is 3. The lowest BCUT2D eigenvalue weighted by Crippen LogP contribution is -2.30. The van der Waals surface area contributed by atoms with Gasteiger partial charge in [0, 0.05) is 19.3 Å². The van der Waals surface area contributed by atoms with E-state index in [1.165, 1.54) is 148 Å². The van der Waals surface area contributed by atoms with Crippen LogP contribution in [0.1, 0.15) is 303 Å². The SMILES string of the molecule is CC/C=C\C/C=C\C/C=C\C/C=C\C/C=C\C/C=C\CCC(=O)OC(COC(=O)CCCCCCCCCCCCC/C=C\C/C=C\C/C=C\C/C=C\C/C=C\CC)COC(=O)CCCCCCCCCCCCCCCCCCC. The minimum atomic E-state index is -0.824. The van der Waals surface area contributed by atoms with Crippen molar-refractivity contribution in [1.29, 1.82) is 0 Å². The van der Waals surface area contributed by atoms with Crippen LogP contribution in [0.25, 0.3) is 0 Å². The summed E-state index contributed by atoms with van der Waals surface area (Å²) < 4.78 is 16.9. The topological polar surface area (TPSA) is 78.9 Å². The van der Waals surface area contributed by atoms with Crippen LogP contribution < -0.4 is 0 Å². The molecule has 0 radical (unpaired) electrons. The van der Waals surface area contributed by atoms with Gasteiger partial charge in [0.05, 0.1) is 0 Å². The van der Waals surface area contributed by atoms with Crippen molar-refractivity contribution < 1.29 is 28.6 Å². The lowest BCUT2D eigenvalue weighted by atomic mass is 10.0. The molecular formula is C75H124O6. The van der Waals surface area contributed by atoms with Crippen molar-refractivity contribution >= 4 is 17.9 Å². The summed E-state index contributed by atoms with van der Waals surface area (Å²) in [7, 11) is 0. The summed E-state index contributed by atoms with van der Waals surface area (Å²) in [6, 6.07) is 0. The first-order chi connectivity index (χ1) is 40.0. The van der Waals surface area contributed by atoms with Crippen molar-refractivity contribution in [3.05, 3.63) is 134 Å². The molecule has 1 atom stereocenters. The molecule has 0 bridgehead atoms. The van der Waals surface area contributed by atoms with Crippen molar-refractivity contribution in [3.63, 3.8) is 0 Å². The standard InChI is InChI=1S/C75H124O6/c1-4-7-10-13-16-19-22-25-28-31-33-34-35-36-37-38-39-40-42-44-47-50-53-56-59-62-65-68-74(77)80-71-72(70-79-73(76)67-64-61-58-55-52-49-46-43-30-27-24-21-18-15-12-9-6-3)81-75(78)69-66-63-60-57-54-51-48-45-41-32-29-26-23-20-17-14-11-8-5-2/h7-8,10-11,16-17,19-20,25-26,28-29,33-34,36-37,41,45,51,54,60,63,72H,4-6,9,12-15,18,21-24,27,30-32,35,38-40,42-44,46-50,52-53,55-59,61-62,64-71H2,1-3H3/b10-7-,11-8-,19-16-,20-17-,28-25-,29-26-,34-33-,37-36-,45-41-,54-51-,63-60-. The summed E-state index contributed by atoms with van der Waals surface area (Å²) in [5.41, 5.74) is 0. The maximum absolute atomic E-state index is 12.9. The van der Waals surface area contributed by atoms with Gasteiger partial charge >= 0.3 is 17.9 Å². The quantitative estimate of drug-likeness (QED) is 0.0261. The molecule has 0 aromatic rings. The third-order valence-corrected chi connectivity index (χ3v) is 14.2. The molecule has 6 nitrogen and oxygen atoms in total. The molecule has 81 heavy (non-hydrogen) atoms. The van der Waals surface area contributed by atoms with Crippen molar-refractivity contribution in [2.24, 2.45) is 0 Å². The van der Waals surface area contributed by atoms with Crippen LogP contribution in [0.15, 0.2) is 134 Å². The van der Waals surface area contributed by atoms with E-state index in [1.54, 1.807) is 0 Å². The Labute approximate surface area is 500 Å². The number of hydrogen-bond donors (Lipinski definition) is 0. The average Bonchev–Trinajstić information content (AvgIpc) is 3.47. The fraction of sp³-hybridized carbons (Fsp3) is 0.667. The molecule has 6 heteroatoms. The summed E-state index contributed by atoms with van der Waals surface area (Å²) in [6.45, 7) is 6.38. The number of hydrogen-bond acceptors (Lipinski definition) is 6. The molecule has 0 heterocycles. The van der Waals surface area contributed by atoms with Gasteiger partial charge in [0.1, 0.15) is 13.2 Å². The normalized spacial score (nSPS) is 13.0. The van der Waals surface area contributed by atoms with Gasteiger partial charge in [-0.15, -0.1) is 0 Å². The number of unbranched alkanes of at least 4 members (excludes halogenated alkanes) is 27. The Bertz CT molecular complexity index is 1720. The minimum absolute atomic E-state index is 0.109. The van der Waals surface area contributed by atoms with Gasteiger partial charge in [-0.1, -0.05) is 315 Å². The third kappa shape index (κ3) is 66.2. The zero-order valence-corrected chi connectivity index (χ0v) is 52.8. The van der Waals surface area contributed by atoms with Crippen LogP contribution in [0.3, 0.4) is 0 Å². The number of allylic oxidation sites excluding steroid dienone is 22. The van der Waals surface area contributed by atoms with E-state index < -0.39 is 12.1 Å². The fourth-order valence-electron chi connectivity index (χ4n) is 9.20. The Morgan fingerprint density at radius 1 is 0.259 bits per heavy atom. The Kier molecular flexibility index (Phi) is 64.3. The first-order valence-corrected chi connectivity index (χ1v) is 33.7. The Morgan fingerprint density at radius 2 is 0.506 bits per heavy atom. The minimum Gasteiger partial charge on any atom is -0.462 e. The van der Waals surface area contributed by atoms with Crippen molar-refractivity contribution in [2.45, 2.75) is 309 Å². The summed E-state index contributed by atoms with van der Waals surface area (Å²) in [5.74, 6) is -0.989. The lowest BCUT2D eigenvalue weighted by molar-refractivity contribution is -0.166. The van der Waals surface area contributed by atoms with Crippen molar-refractivity contribution in [1.82, 2.24) is 0 Å². The van der Waals surface area contributed by atoms with E-state index in [2.05, 4.69) is 148 Å². The first-order valence-electron chi connectivity index (χ1n) is 33.7. The number of carbonyl (C=O) groups is 3. The second-order valence-electron chi connectivity index (χ2n) is 22.0. The lowest BCUT2D eigenvalue weighted by Gasteiger charge is -2.18. The Balaban J connectivity index is 4.43. The van der Waals surface area contributed by atoms with E-state index in [9.17, 15) is 14.4 Å². The van der Waals surface area contributed by atoms with Crippen LogP contribution in [0.5, 0.6) is 0 Å². The van der Waals surface area contributed by atoms with Gasteiger partial charge in [-0.05, 0) is 103 Å². The summed E-state index contributed by atoms with van der Waals surface area (Å²) in [5, 5.41) is 0. The highest BCUT2D eigenvalue weighted by molar-refractivity contribution is 5.71. The van der Waals surface area contributed by atoms with Gasteiger partial charge in [0.2, 0.25) is 0 Å². The van der Waals surface area contributed by atoms with Gasteiger partial charge in [0.25, 0.3) is 0 Å². The number of rotatable bonds is 60. The molecular weight excluding hydrogens is 997 g/mol. The average molecular weight is 1120 g/mol. The van der Waals surface area contributed by atoms with Crippen LogP contribution >= 0.6 is 0 Å². The monoisotopic (exact) mass is 1120 g/mol. The smallest absolute Gasteiger partial charge is 0.306 e. The Morgan fingerprint density at radius 3 is 0.802 bits per heavy atom. The molecule has 0 amide bonds. The van der Waals surface area contributed by atoms with Crippen LogP contribution in [0, 0.1) is 0 Å². The van der Waals surface area contributed by atoms with E-state index in [0.717, 1.165) is 109 Å². The van der Waals surface area contributed by atoms with E-state index >= 15 is 0 Å². The molecule has 0 aliphatic rings. The maximum atomic E-state index is 12.9. The van der Waals surface area contributed by atoms with Crippen molar-refractivity contribution in [3.8, 4) is 0 Å². The Hall–Kier alpha value is -4.45. The van der Waals surface area contributed by atoms with E-state index in [1.807, 2.05) is 6.08 Å². The molecule has 0 fully saturated rings. The molecule has 0 aromatic heterocycles. The van der Waals surface area contributed by atoms with Crippen molar-refractivity contribution in [2.75, 3.05) is 13.2 Å². The molecule has 0 saturated carbocycles. The van der Waals surface area contributed by atoms with E-state index in [0.29, 0.717) is 19.3 Å². The molecule has 0 rings (SSSR count). The van der Waals surface area contributed by atoms with Gasteiger partial charge in [-0.2, -0.15) is 0 Å². The zero-order valence-electron chi connectivity index (χ0n) is 52.8. The highest BCUT2D eigenvalue weighted by Gasteiger charge is 2.19. The highest BCUT2D eigenvalue weighted by Crippen LogP contribution is 2.16. The second kappa shape index (κ2) is 68.1. The summed E-state index contributed by atoms with van der Waals surface area (Å²) >= 11 is 0. The third-order valence-electron chi connectivity index (χ3n) is 14.2. The number of carbonyl (C=O) groups excluding carboxylic acids is 3. The molecule has 0 saturated heterocycles. The zero-order chi connectivity index (χ0) is 58.5. The summed E-state index contributed by atoms with van der Waals surface area (Å²) in [4.78, 5) is 38.4. The predicted octanol–water partition coefficient (Wildman–Crippen LogP) is 23.3. The molecule has 0 spiro atoms. The van der Waals surface area contributed by atoms with Gasteiger partial charge in [-0.25, -0.2) is 0 Å². The van der Waals surface area contributed by atoms with Crippen LogP contribution in [-0.4, -0.2) is 37.2 Å². The van der Waals surface area contributed by atoms with Crippen LogP contribution in [0.2, 0.25) is 0 Å². The molecule has 0 aliphatic heterocycles.